The zero-order valence-electron chi connectivity index (χ0n) is 10.4. The summed E-state index contributed by atoms with van der Waals surface area (Å²) in [5, 5.41) is -0.823. The molecule has 0 bridgehead atoms. The van der Waals surface area contributed by atoms with Crippen LogP contribution in [0.15, 0.2) is 41.3 Å². The van der Waals surface area contributed by atoms with E-state index in [1.54, 1.807) is 12.1 Å². The van der Waals surface area contributed by atoms with Crippen LogP contribution in [0.5, 0.6) is 0 Å². The summed E-state index contributed by atoms with van der Waals surface area (Å²) in [6, 6.07) is 8.47. The van der Waals surface area contributed by atoms with Crippen molar-refractivity contribution in [3.8, 4) is 12.3 Å². The molecule has 0 spiro atoms. The number of hydrogen-bond acceptors (Lipinski definition) is 2. The summed E-state index contributed by atoms with van der Waals surface area (Å²) in [6.45, 7) is 0. The fraction of sp³-hybridized carbons (Fsp3) is 0. The monoisotopic (exact) mass is 343 g/mol. The smallest absolute Gasteiger partial charge is 0.263 e. The van der Waals surface area contributed by atoms with Gasteiger partial charge in [-0.2, -0.15) is 0 Å². The number of anilines is 1. The van der Waals surface area contributed by atoms with Gasteiger partial charge in [-0.05, 0) is 30.3 Å². The molecule has 0 saturated heterocycles. The third-order valence-corrected chi connectivity index (χ3v) is 4.77. The van der Waals surface area contributed by atoms with Crippen molar-refractivity contribution in [3.05, 3.63) is 57.8 Å². The van der Waals surface area contributed by atoms with E-state index in [1.165, 1.54) is 12.1 Å². The van der Waals surface area contributed by atoms with Crippen LogP contribution >= 0.6 is 23.2 Å². The van der Waals surface area contributed by atoms with Crippen molar-refractivity contribution in [2.45, 2.75) is 4.90 Å². The minimum atomic E-state index is -4.06. The summed E-state index contributed by atoms with van der Waals surface area (Å²) in [7, 11) is -4.06. The molecule has 0 heterocycles. The summed E-state index contributed by atoms with van der Waals surface area (Å²) in [6.07, 6.45) is 5.24. The molecule has 0 aliphatic heterocycles. The highest BCUT2D eigenvalue weighted by molar-refractivity contribution is 7.92. The maximum Gasteiger partial charge on any atom is 0.263 e. The first kappa shape index (κ1) is 15.6. The minimum absolute atomic E-state index is 0.247. The Balaban J connectivity index is 2.44. The second kappa shape index (κ2) is 5.94. The number of terminal acetylenes is 1. The Morgan fingerprint density at radius 1 is 1.19 bits per heavy atom. The first-order valence-electron chi connectivity index (χ1n) is 5.58. The number of sulfonamides is 1. The van der Waals surface area contributed by atoms with Gasteiger partial charge >= 0.3 is 0 Å². The number of rotatable bonds is 3. The number of nitrogens with one attached hydrogen (secondary N) is 1. The Labute approximate surface area is 131 Å². The molecule has 0 aromatic heterocycles. The van der Waals surface area contributed by atoms with E-state index in [9.17, 15) is 12.8 Å². The molecule has 0 saturated carbocycles. The first-order valence-corrected chi connectivity index (χ1v) is 7.82. The van der Waals surface area contributed by atoms with Crippen LogP contribution in [0.1, 0.15) is 5.56 Å². The maximum absolute atomic E-state index is 13.6. The Hall–Kier alpha value is -1.74. The Kier molecular flexibility index (Phi) is 4.43. The SMILES string of the molecule is C#Cc1cccc(NS(=O)(=O)c2ccc(Cl)c(F)c2Cl)c1. The first-order chi connectivity index (χ1) is 9.85. The van der Waals surface area contributed by atoms with Crippen LogP contribution in [0, 0.1) is 18.2 Å². The fourth-order valence-electron chi connectivity index (χ4n) is 1.60. The molecule has 0 aliphatic carbocycles. The predicted molar refractivity (Wildman–Crippen MR) is 81.6 cm³/mol. The molecule has 108 valence electrons. The Morgan fingerprint density at radius 3 is 2.57 bits per heavy atom. The third kappa shape index (κ3) is 3.30. The standard InChI is InChI=1S/C14H8Cl2FNO2S/c1-2-9-4-3-5-10(8-9)18-21(19,20)12-7-6-11(15)14(17)13(12)16/h1,3-8,18H. The molecule has 7 heteroatoms. The van der Waals surface area contributed by atoms with Gasteiger partial charge in [0.1, 0.15) is 4.90 Å². The van der Waals surface area contributed by atoms with Crippen LogP contribution < -0.4 is 4.72 Å². The highest BCUT2D eigenvalue weighted by Gasteiger charge is 2.22. The maximum atomic E-state index is 13.6. The van der Waals surface area contributed by atoms with Crippen LogP contribution in [0.4, 0.5) is 10.1 Å². The van der Waals surface area contributed by atoms with E-state index in [-0.39, 0.29) is 10.7 Å². The van der Waals surface area contributed by atoms with Crippen molar-refractivity contribution in [2.24, 2.45) is 0 Å². The minimum Gasteiger partial charge on any atom is -0.280 e. The molecule has 2 rings (SSSR count). The molecule has 3 nitrogen and oxygen atoms in total. The van der Waals surface area contributed by atoms with Gasteiger partial charge in [-0.1, -0.05) is 35.2 Å². The van der Waals surface area contributed by atoms with Gasteiger partial charge in [0, 0.05) is 5.56 Å². The van der Waals surface area contributed by atoms with E-state index >= 15 is 0 Å². The Bertz CT molecular complexity index is 845. The summed E-state index contributed by atoms with van der Waals surface area (Å²) < 4.78 is 40.3. The van der Waals surface area contributed by atoms with E-state index in [0.717, 1.165) is 12.1 Å². The van der Waals surface area contributed by atoms with Crippen molar-refractivity contribution >= 4 is 38.9 Å². The van der Waals surface area contributed by atoms with Crippen molar-refractivity contribution < 1.29 is 12.8 Å². The molecular formula is C14H8Cl2FNO2S. The molecule has 0 unspecified atom stereocenters. The van der Waals surface area contributed by atoms with E-state index in [0.29, 0.717) is 5.56 Å². The zero-order valence-corrected chi connectivity index (χ0v) is 12.7. The van der Waals surface area contributed by atoms with Gasteiger partial charge in [-0.15, -0.1) is 6.42 Å². The van der Waals surface area contributed by atoms with Crippen LogP contribution in [0.25, 0.3) is 0 Å². The summed E-state index contributed by atoms with van der Waals surface area (Å²) >= 11 is 11.2. The van der Waals surface area contributed by atoms with Gasteiger partial charge in [0.15, 0.2) is 5.82 Å². The summed E-state index contributed by atoms with van der Waals surface area (Å²) in [4.78, 5) is -0.405. The molecular weight excluding hydrogens is 336 g/mol. The van der Waals surface area contributed by atoms with Gasteiger partial charge in [-0.25, -0.2) is 12.8 Å². The molecule has 2 aromatic carbocycles. The fourth-order valence-corrected chi connectivity index (χ4v) is 3.39. The lowest BCUT2D eigenvalue weighted by molar-refractivity contribution is 0.595. The number of halogens is 3. The topological polar surface area (TPSA) is 46.2 Å². The van der Waals surface area contributed by atoms with Crippen molar-refractivity contribution in [3.63, 3.8) is 0 Å². The molecule has 0 fully saturated rings. The highest BCUT2D eigenvalue weighted by Crippen LogP contribution is 2.30. The average molecular weight is 344 g/mol. The third-order valence-electron chi connectivity index (χ3n) is 2.57. The molecule has 2 aromatic rings. The van der Waals surface area contributed by atoms with Crippen molar-refractivity contribution in [1.82, 2.24) is 0 Å². The van der Waals surface area contributed by atoms with Crippen LogP contribution in [-0.4, -0.2) is 8.42 Å². The van der Waals surface area contributed by atoms with Crippen molar-refractivity contribution in [2.75, 3.05) is 4.72 Å². The lowest BCUT2D eigenvalue weighted by Gasteiger charge is -2.10. The van der Waals surface area contributed by atoms with E-state index in [4.69, 9.17) is 29.6 Å². The van der Waals surface area contributed by atoms with Crippen LogP contribution in [0.2, 0.25) is 10.0 Å². The van der Waals surface area contributed by atoms with E-state index in [1.807, 2.05) is 0 Å². The normalized spacial score (nSPS) is 11.0. The van der Waals surface area contributed by atoms with Crippen LogP contribution in [0.3, 0.4) is 0 Å². The highest BCUT2D eigenvalue weighted by atomic mass is 35.5. The van der Waals surface area contributed by atoms with Crippen molar-refractivity contribution in [1.29, 1.82) is 0 Å². The second-order valence-electron chi connectivity index (χ2n) is 4.00. The predicted octanol–water partition coefficient (Wildman–Crippen LogP) is 3.91. The molecule has 21 heavy (non-hydrogen) atoms. The Morgan fingerprint density at radius 2 is 1.90 bits per heavy atom. The van der Waals surface area contributed by atoms with Gasteiger partial charge < -0.3 is 0 Å². The summed E-state index contributed by atoms with van der Waals surface area (Å²) in [5.74, 6) is 1.40. The van der Waals surface area contributed by atoms with Crippen LogP contribution in [-0.2, 0) is 10.0 Å². The quantitative estimate of drug-likeness (QED) is 0.678. The lowest BCUT2D eigenvalue weighted by atomic mass is 10.2. The molecule has 1 N–H and O–H groups in total. The zero-order chi connectivity index (χ0) is 15.6. The largest absolute Gasteiger partial charge is 0.280 e. The van der Waals surface area contributed by atoms with Gasteiger partial charge in [0.25, 0.3) is 10.0 Å². The number of benzene rings is 2. The molecule has 0 atom stereocenters. The molecule has 0 radical (unpaired) electrons. The van der Waals surface area contributed by atoms with E-state index < -0.39 is 25.8 Å². The summed E-state index contributed by atoms with van der Waals surface area (Å²) in [5.41, 5.74) is 0.750. The average Bonchev–Trinajstić information content (AvgIpc) is 2.44. The second-order valence-corrected chi connectivity index (χ2v) is 6.44. The molecule has 0 aliphatic rings. The van der Waals surface area contributed by atoms with E-state index in [2.05, 4.69) is 10.6 Å². The molecule has 0 amide bonds. The van der Waals surface area contributed by atoms with Gasteiger partial charge in [0.2, 0.25) is 0 Å². The number of hydrogen-bond donors (Lipinski definition) is 1. The lowest BCUT2D eigenvalue weighted by Crippen LogP contribution is -2.14. The van der Waals surface area contributed by atoms with Gasteiger partial charge in [-0.3, -0.25) is 4.72 Å². The van der Waals surface area contributed by atoms with Gasteiger partial charge in [0.05, 0.1) is 15.7 Å².